The molecule has 0 radical (unpaired) electrons. The molecule has 5 aliphatic carbocycles. The smallest absolute Gasteiger partial charge is 0.337 e. The molecule has 1 aromatic carbocycles. The monoisotopic (exact) mass is 646 g/mol. The third-order valence-corrected chi connectivity index (χ3v) is 16.7. The van der Waals surface area contributed by atoms with Gasteiger partial charge in [0.25, 0.3) is 0 Å². The van der Waals surface area contributed by atoms with E-state index in [0.717, 1.165) is 38.1 Å². The molecule has 6 rings (SSSR count). The van der Waals surface area contributed by atoms with Gasteiger partial charge in [-0.3, -0.25) is 4.79 Å². The zero-order valence-corrected chi connectivity index (χ0v) is 31.7. The minimum atomic E-state index is -0.256. The summed E-state index contributed by atoms with van der Waals surface area (Å²) >= 11 is 0. The molecule has 5 aliphatic rings. The number of rotatable bonds is 8. The first-order chi connectivity index (χ1) is 22.1. The van der Waals surface area contributed by atoms with Gasteiger partial charge in [0.2, 0.25) is 0 Å². The van der Waals surface area contributed by atoms with Gasteiger partial charge < -0.3 is 9.64 Å². The Balaban J connectivity index is 1.29. The zero-order chi connectivity index (χ0) is 34.2. The van der Waals surface area contributed by atoms with Gasteiger partial charge >= 0.3 is 5.97 Å². The third kappa shape index (κ3) is 5.22. The quantitative estimate of drug-likeness (QED) is 0.264. The summed E-state index contributed by atoms with van der Waals surface area (Å²) in [7, 11) is 5.72. The van der Waals surface area contributed by atoms with Gasteiger partial charge in [0.1, 0.15) is 5.78 Å². The van der Waals surface area contributed by atoms with Crippen LogP contribution in [0.2, 0.25) is 0 Å². The largest absolute Gasteiger partial charge is 0.465 e. The SMILES string of the molecule is COC(=O)c1ccc(C2CC[C@]3(C)[C@H]4CC[C@@H]5[C@H]6[C@H](C(C)C)CC[C@]6(C(=O)CCCN(C)C)CC[C@@]5(C)[C@]4(C)CC[C@H]3C2(C)C)cc1. The Morgan fingerprint density at radius 3 is 2.17 bits per heavy atom. The van der Waals surface area contributed by atoms with Crippen LogP contribution in [0.15, 0.2) is 24.3 Å². The minimum Gasteiger partial charge on any atom is -0.465 e. The molecule has 1 unspecified atom stereocenters. The highest BCUT2D eigenvalue weighted by atomic mass is 16.5. The van der Waals surface area contributed by atoms with Crippen LogP contribution in [0, 0.1) is 62.6 Å². The number of benzene rings is 1. The van der Waals surface area contributed by atoms with Crippen LogP contribution < -0.4 is 0 Å². The second kappa shape index (κ2) is 12.3. The fourth-order valence-electron chi connectivity index (χ4n) is 14.2. The fourth-order valence-corrected chi connectivity index (χ4v) is 14.2. The lowest BCUT2D eigenvalue weighted by molar-refractivity contribution is -0.239. The lowest BCUT2D eigenvalue weighted by Gasteiger charge is -2.73. The van der Waals surface area contributed by atoms with E-state index in [2.05, 4.69) is 79.6 Å². The van der Waals surface area contributed by atoms with Gasteiger partial charge in [-0.05, 0) is 172 Å². The van der Waals surface area contributed by atoms with Crippen molar-refractivity contribution in [1.82, 2.24) is 4.90 Å². The molecule has 0 N–H and O–H groups in total. The maximum Gasteiger partial charge on any atom is 0.337 e. The normalized spacial score (nSPS) is 42.3. The Hall–Kier alpha value is -1.68. The summed E-state index contributed by atoms with van der Waals surface area (Å²) in [6.07, 6.45) is 14.3. The molecule has 0 saturated heterocycles. The molecule has 4 heteroatoms. The van der Waals surface area contributed by atoms with Gasteiger partial charge in [0, 0.05) is 11.8 Å². The zero-order valence-electron chi connectivity index (χ0n) is 31.7. The van der Waals surface area contributed by atoms with Crippen LogP contribution in [-0.4, -0.2) is 44.4 Å². The second-order valence-corrected chi connectivity index (χ2v) is 19.2. The van der Waals surface area contributed by atoms with Gasteiger partial charge in [-0.2, -0.15) is 0 Å². The molecule has 5 saturated carbocycles. The maximum atomic E-state index is 14.4. The molecule has 1 aromatic rings. The summed E-state index contributed by atoms with van der Waals surface area (Å²) < 4.78 is 4.98. The molecular weight excluding hydrogens is 578 g/mol. The van der Waals surface area contributed by atoms with E-state index in [0.29, 0.717) is 63.1 Å². The Morgan fingerprint density at radius 1 is 0.830 bits per heavy atom. The van der Waals surface area contributed by atoms with Crippen molar-refractivity contribution < 1.29 is 14.3 Å². The first-order valence-corrected chi connectivity index (χ1v) is 19.4. The van der Waals surface area contributed by atoms with Crippen molar-refractivity contribution in [3.8, 4) is 0 Å². The molecule has 5 fully saturated rings. The predicted octanol–water partition coefficient (Wildman–Crippen LogP) is 10.2. The van der Waals surface area contributed by atoms with Crippen LogP contribution in [-0.2, 0) is 9.53 Å². The van der Waals surface area contributed by atoms with Crippen LogP contribution >= 0.6 is 0 Å². The number of nitrogens with zero attached hydrogens (tertiary/aromatic N) is 1. The first-order valence-electron chi connectivity index (χ1n) is 19.4. The van der Waals surface area contributed by atoms with E-state index in [-0.39, 0.29) is 16.8 Å². The number of hydrogen-bond acceptors (Lipinski definition) is 4. The molecule has 47 heavy (non-hydrogen) atoms. The lowest BCUT2D eigenvalue weighted by Crippen LogP contribution is -2.66. The Labute approximate surface area is 287 Å². The van der Waals surface area contributed by atoms with E-state index in [4.69, 9.17) is 4.74 Å². The molecular formula is C43H67NO3. The van der Waals surface area contributed by atoms with Crippen molar-refractivity contribution in [3.63, 3.8) is 0 Å². The predicted molar refractivity (Wildman–Crippen MR) is 192 cm³/mol. The topological polar surface area (TPSA) is 46.6 Å². The van der Waals surface area contributed by atoms with Crippen molar-refractivity contribution >= 4 is 11.8 Å². The Morgan fingerprint density at radius 2 is 1.53 bits per heavy atom. The van der Waals surface area contributed by atoms with Gasteiger partial charge in [-0.15, -0.1) is 0 Å². The van der Waals surface area contributed by atoms with Crippen molar-refractivity contribution in [2.45, 2.75) is 131 Å². The van der Waals surface area contributed by atoms with Crippen molar-refractivity contribution in [1.29, 1.82) is 0 Å². The summed E-state index contributed by atoms with van der Waals surface area (Å²) in [5, 5.41) is 0. The van der Waals surface area contributed by atoms with E-state index in [1.54, 1.807) is 0 Å². The lowest BCUT2D eigenvalue weighted by atomic mass is 9.31. The molecule has 0 bridgehead atoms. The summed E-state index contributed by atoms with van der Waals surface area (Å²) in [6.45, 7) is 19.2. The Kier molecular flexibility index (Phi) is 9.18. The summed E-state index contributed by atoms with van der Waals surface area (Å²) in [5.41, 5.74) is 3.08. The van der Waals surface area contributed by atoms with Gasteiger partial charge in [0.15, 0.2) is 0 Å². The molecule has 262 valence electrons. The second-order valence-electron chi connectivity index (χ2n) is 19.2. The molecule has 0 heterocycles. The van der Waals surface area contributed by atoms with E-state index in [9.17, 15) is 9.59 Å². The van der Waals surface area contributed by atoms with Crippen LogP contribution in [0.25, 0.3) is 0 Å². The molecule has 4 nitrogen and oxygen atoms in total. The first kappa shape index (κ1) is 35.2. The highest BCUT2D eigenvalue weighted by molar-refractivity contribution is 5.89. The minimum absolute atomic E-state index is 0.0702. The third-order valence-electron chi connectivity index (χ3n) is 16.7. The molecule has 0 spiro atoms. The number of fused-ring (bicyclic) bond motifs is 7. The maximum absolute atomic E-state index is 14.4. The number of ketones is 1. The molecule has 10 atom stereocenters. The molecule has 0 aromatic heterocycles. The number of carbonyl (C=O) groups is 2. The number of esters is 1. The molecule has 0 aliphatic heterocycles. The number of hydrogen-bond donors (Lipinski definition) is 0. The van der Waals surface area contributed by atoms with Crippen LogP contribution in [0.5, 0.6) is 0 Å². The summed E-state index contributed by atoms with van der Waals surface area (Å²) in [6, 6.07) is 8.33. The van der Waals surface area contributed by atoms with Crippen molar-refractivity contribution in [2.75, 3.05) is 27.7 Å². The number of methoxy groups -OCH3 is 1. The fraction of sp³-hybridized carbons (Fsp3) is 0.814. The van der Waals surface area contributed by atoms with Gasteiger partial charge in [-0.1, -0.05) is 60.6 Å². The van der Waals surface area contributed by atoms with Gasteiger partial charge in [-0.25, -0.2) is 4.79 Å². The summed E-state index contributed by atoms with van der Waals surface area (Å²) in [4.78, 5) is 28.7. The van der Waals surface area contributed by atoms with E-state index in [1.807, 2.05) is 12.1 Å². The standard InChI is InChI=1S/C43H67NO3/c1-28(2)31-19-24-43(36(45)12-11-27-44(8)9)26-25-41(6)33(37(31)43)17-18-35-40(5)22-20-32(29-13-15-30(16-14-29)38(46)47-10)39(3,4)34(40)21-23-42(35,41)7/h13-16,28,31-35,37H,11-12,17-27H2,1-10H3/t31-,32?,33+,34-,35+,37+,40-,41+,42+,43+/m0/s1. The number of carbonyl (C=O) groups excluding carboxylic acids is 2. The van der Waals surface area contributed by atoms with E-state index in [1.165, 1.54) is 64.0 Å². The highest BCUT2D eigenvalue weighted by Gasteiger charge is 2.71. The van der Waals surface area contributed by atoms with Crippen LogP contribution in [0.3, 0.4) is 0 Å². The molecule has 0 amide bonds. The van der Waals surface area contributed by atoms with Crippen LogP contribution in [0.1, 0.15) is 147 Å². The summed E-state index contributed by atoms with van der Waals surface area (Å²) in [5.74, 6) is 4.86. The number of Topliss-reactive ketones (excluding diaryl/α,β-unsaturated/α-hetero) is 1. The Bertz CT molecular complexity index is 1330. The van der Waals surface area contributed by atoms with E-state index < -0.39 is 0 Å². The van der Waals surface area contributed by atoms with Gasteiger partial charge in [0.05, 0.1) is 12.7 Å². The van der Waals surface area contributed by atoms with Crippen molar-refractivity contribution in [2.24, 2.45) is 62.6 Å². The van der Waals surface area contributed by atoms with E-state index >= 15 is 0 Å². The van der Waals surface area contributed by atoms with Crippen molar-refractivity contribution in [3.05, 3.63) is 35.4 Å². The average molecular weight is 646 g/mol. The highest BCUT2D eigenvalue weighted by Crippen LogP contribution is 2.78. The van der Waals surface area contributed by atoms with Crippen LogP contribution in [0.4, 0.5) is 0 Å². The average Bonchev–Trinajstić information content (AvgIpc) is 3.42. The number of ether oxygens (including phenoxy) is 1.